The lowest BCUT2D eigenvalue weighted by molar-refractivity contribution is -0.00834. The van der Waals surface area contributed by atoms with Gasteiger partial charge < -0.3 is 15.4 Å². The predicted molar refractivity (Wildman–Crippen MR) is 94.8 cm³/mol. The van der Waals surface area contributed by atoms with Crippen molar-refractivity contribution in [2.24, 2.45) is 4.99 Å². The highest BCUT2D eigenvalue weighted by molar-refractivity contribution is 7.90. The summed E-state index contributed by atoms with van der Waals surface area (Å²) >= 11 is 0. The topological polar surface area (TPSA) is 83.0 Å². The Balaban J connectivity index is 2.43. The van der Waals surface area contributed by atoms with Gasteiger partial charge >= 0.3 is 0 Å². The second-order valence-corrected chi connectivity index (χ2v) is 9.06. The number of aliphatic imine (C=N–C) groups is 1. The van der Waals surface area contributed by atoms with Crippen LogP contribution in [0.15, 0.2) is 4.99 Å². The summed E-state index contributed by atoms with van der Waals surface area (Å²) in [6, 6.07) is 0.0439. The Morgan fingerprint density at radius 3 is 2.48 bits per heavy atom. The quantitative estimate of drug-likeness (QED) is 0.501. The largest absolute Gasteiger partial charge is 0.379 e. The number of ether oxygens (including phenoxy) is 1. The molecule has 1 atom stereocenters. The van der Waals surface area contributed by atoms with Crippen LogP contribution >= 0.6 is 0 Å². The minimum absolute atomic E-state index is 0.00258. The van der Waals surface area contributed by atoms with E-state index in [0.717, 1.165) is 32.8 Å². The van der Waals surface area contributed by atoms with Crippen molar-refractivity contribution in [2.75, 3.05) is 51.9 Å². The molecule has 1 unspecified atom stereocenters. The zero-order chi connectivity index (χ0) is 17.5. The van der Waals surface area contributed by atoms with Gasteiger partial charge in [-0.2, -0.15) is 0 Å². The average Bonchev–Trinajstić information content (AvgIpc) is 2.49. The van der Waals surface area contributed by atoms with Crippen LogP contribution in [0.1, 0.15) is 27.2 Å². The van der Waals surface area contributed by atoms with Crippen LogP contribution in [0.4, 0.5) is 0 Å². The van der Waals surface area contributed by atoms with Crippen molar-refractivity contribution in [1.82, 2.24) is 15.5 Å². The van der Waals surface area contributed by atoms with Crippen molar-refractivity contribution in [1.29, 1.82) is 0 Å². The minimum Gasteiger partial charge on any atom is -0.379 e. The van der Waals surface area contributed by atoms with Gasteiger partial charge in [-0.3, -0.25) is 9.89 Å². The molecule has 1 fully saturated rings. The first-order valence-corrected chi connectivity index (χ1v) is 10.2. The maximum atomic E-state index is 11.2. The maximum Gasteiger partial charge on any atom is 0.191 e. The molecule has 0 aromatic carbocycles. The van der Waals surface area contributed by atoms with Crippen molar-refractivity contribution in [3.63, 3.8) is 0 Å². The number of sulfone groups is 1. The van der Waals surface area contributed by atoms with Gasteiger partial charge in [0.1, 0.15) is 9.84 Å². The summed E-state index contributed by atoms with van der Waals surface area (Å²) < 4.78 is 27.9. The fourth-order valence-electron chi connectivity index (χ4n) is 2.47. The highest BCUT2D eigenvalue weighted by atomic mass is 32.2. The van der Waals surface area contributed by atoms with Gasteiger partial charge in [0.2, 0.25) is 0 Å². The minimum atomic E-state index is -2.93. The molecule has 0 amide bonds. The van der Waals surface area contributed by atoms with Crippen LogP contribution in [0.3, 0.4) is 0 Å². The van der Waals surface area contributed by atoms with Crippen LogP contribution in [-0.4, -0.2) is 82.8 Å². The molecule has 23 heavy (non-hydrogen) atoms. The van der Waals surface area contributed by atoms with E-state index >= 15 is 0 Å². The molecule has 0 spiro atoms. The molecule has 136 valence electrons. The first-order chi connectivity index (χ1) is 10.6. The van der Waals surface area contributed by atoms with E-state index in [1.807, 2.05) is 6.92 Å². The second-order valence-electron chi connectivity index (χ2n) is 6.80. The molecule has 1 rings (SSSR count). The van der Waals surface area contributed by atoms with E-state index in [0.29, 0.717) is 12.4 Å². The van der Waals surface area contributed by atoms with E-state index in [1.54, 1.807) is 7.05 Å². The summed E-state index contributed by atoms with van der Waals surface area (Å²) in [4.78, 5) is 6.63. The molecule has 1 aliphatic rings. The van der Waals surface area contributed by atoms with E-state index in [2.05, 4.69) is 34.4 Å². The molecular formula is C15H32N4O3S. The van der Waals surface area contributed by atoms with Gasteiger partial charge in [-0.15, -0.1) is 0 Å². The number of nitrogens with one attached hydrogen (secondary N) is 2. The molecule has 0 aliphatic carbocycles. The van der Waals surface area contributed by atoms with Crippen LogP contribution in [-0.2, 0) is 14.6 Å². The Bertz CT molecular complexity index is 485. The number of rotatable bonds is 7. The van der Waals surface area contributed by atoms with E-state index in [4.69, 9.17) is 4.74 Å². The third-order valence-electron chi connectivity index (χ3n) is 4.08. The third-order valence-corrected chi connectivity index (χ3v) is 5.06. The van der Waals surface area contributed by atoms with E-state index in [-0.39, 0.29) is 17.3 Å². The number of hydrogen-bond donors (Lipinski definition) is 2. The number of morpholine rings is 1. The number of guanidine groups is 1. The molecule has 1 saturated heterocycles. The molecule has 0 saturated carbocycles. The van der Waals surface area contributed by atoms with Crippen molar-refractivity contribution in [3.8, 4) is 0 Å². The summed E-state index contributed by atoms with van der Waals surface area (Å²) in [5.74, 6) is 0.879. The van der Waals surface area contributed by atoms with Crippen molar-refractivity contribution < 1.29 is 13.2 Å². The zero-order valence-corrected chi connectivity index (χ0v) is 15.9. The SMILES string of the molecule is CN=C(NCC(C)(C)N1CCOCC1)NC(C)CCS(C)(=O)=O. The van der Waals surface area contributed by atoms with Crippen LogP contribution in [0, 0.1) is 0 Å². The lowest BCUT2D eigenvalue weighted by Gasteiger charge is -2.41. The molecular weight excluding hydrogens is 316 g/mol. The molecule has 2 N–H and O–H groups in total. The lowest BCUT2D eigenvalue weighted by atomic mass is 10.0. The Hall–Kier alpha value is -0.860. The van der Waals surface area contributed by atoms with E-state index < -0.39 is 9.84 Å². The molecule has 8 heteroatoms. The number of hydrogen-bond acceptors (Lipinski definition) is 5. The lowest BCUT2D eigenvalue weighted by Crippen LogP contribution is -2.57. The first-order valence-electron chi connectivity index (χ1n) is 8.12. The third kappa shape index (κ3) is 7.99. The first kappa shape index (κ1) is 20.2. The molecule has 0 aromatic heterocycles. The summed E-state index contributed by atoms with van der Waals surface area (Å²) in [5.41, 5.74) is -0.00258. The van der Waals surface area contributed by atoms with Gasteiger partial charge in [0.25, 0.3) is 0 Å². The molecule has 0 bridgehead atoms. The highest BCUT2D eigenvalue weighted by Gasteiger charge is 2.28. The van der Waals surface area contributed by atoms with E-state index in [1.165, 1.54) is 6.26 Å². The molecule has 0 aromatic rings. The second kappa shape index (κ2) is 8.84. The van der Waals surface area contributed by atoms with Gasteiger partial charge in [-0.1, -0.05) is 0 Å². The molecule has 7 nitrogen and oxygen atoms in total. The van der Waals surface area contributed by atoms with Crippen molar-refractivity contribution >= 4 is 15.8 Å². The number of nitrogens with zero attached hydrogens (tertiary/aromatic N) is 2. The maximum absolute atomic E-state index is 11.2. The Morgan fingerprint density at radius 1 is 1.35 bits per heavy atom. The molecule has 0 radical (unpaired) electrons. The molecule has 1 heterocycles. The fourth-order valence-corrected chi connectivity index (χ4v) is 3.25. The van der Waals surface area contributed by atoms with Gasteiger partial charge in [0.05, 0.1) is 19.0 Å². The summed E-state index contributed by atoms with van der Waals surface area (Å²) in [5, 5.41) is 6.59. The Kier molecular flexibility index (Phi) is 7.76. The monoisotopic (exact) mass is 348 g/mol. The zero-order valence-electron chi connectivity index (χ0n) is 15.1. The van der Waals surface area contributed by atoms with Crippen molar-refractivity contribution in [3.05, 3.63) is 0 Å². The van der Waals surface area contributed by atoms with Crippen LogP contribution in [0.25, 0.3) is 0 Å². The summed E-state index contributed by atoms with van der Waals surface area (Å²) in [7, 11) is -1.21. The predicted octanol–water partition coefficient (Wildman–Crippen LogP) is 0.0854. The van der Waals surface area contributed by atoms with Crippen LogP contribution in [0.5, 0.6) is 0 Å². The van der Waals surface area contributed by atoms with Gasteiger partial charge in [-0.25, -0.2) is 8.42 Å². The average molecular weight is 349 g/mol. The summed E-state index contributed by atoms with van der Waals surface area (Å²) in [6.45, 7) is 10.5. The Morgan fingerprint density at radius 2 is 1.96 bits per heavy atom. The van der Waals surface area contributed by atoms with Crippen LogP contribution < -0.4 is 10.6 Å². The fraction of sp³-hybridized carbons (Fsp3) is 0.933. The van der Waals surface area contributed by atoms with Gasteiger partial charge in [0, 0.05) is 44.5 Å². The summed E-state index contributed by atoms with van der Waals surface area (Å²) in [6.07, 6.45) is 1.82. The van der Waals surface area contributed by atoms with Crippen LogP contribution in [0.2, 0.25) is 0 Å². The normalized spacial score (nSPS) is 19.4. The van der Waals surface area contributed by atoms with Gasteiger partial charge in [-0.05, 0) is 27.2 Å². The molecule has 1 aliphatic heterocycles. The van der Waals surface area contributed by atoms with E-state index in [9.17, 15) is 8.42 Å². The van der Waals surface area contributed by atoms with Gasteiger partial charge in [0.15, 0.2) is 5.96 Å². The Labute approximate surface area is 140 Å². The standard InChI is InChI=1S/C15H32N4O3S/c1-13(6-11-23(5,20)21)18-14(16-4)17-12-15(2,3)19-7-9-22-10-8-19/h13H,6-12H2,1-5H3,(H2,16,17,18). The van der Waals surface area contributed by atoms with Crippen molar-refractivity contribution in [2.45, 2.75) is 38.8 Å². The highest BCUT2D eigenvalue weighted by Crippen LogP contribution is 2.14. The smallest absolute Gasteiger partial charge is 0.191 e.